The van der Waals surface area contributed by atoms with Crippen LogP contribution >= 0.6 is 11.3 Å². The molecule has 10 nitrogen and oxygen atoms in total. The number of benzene rings is 1. The molecule has 0 radical (unpaired) electrons. The third-order valence-electron chi connectivity index (χ3n) is 8.06. The van der Waals surface area contributed by atoms with Crippen LogP contribution in [0.3, 0.4) is 0 Å². The summed E-state index contributed by atoms with van der Waals surface area (Å²) in [6.07, 6.45) is 8.62. The number of pyridine rings is 2. The van der Waals surface area contributed by atoms with Gasteiger partial charge in [0.2, 0.25) is 5.91 Å². The van der Waals surface area contributed by atoms with Crippen LogP contribution in [-0.2, 0) is 17.6 Å². The van der Waals surface area contributed by atoms with Crippen LogP contribution in [0.4, 0.5) is 5.82 Å². The average Bonchev–Trinajstić information content (AvgIpc) is 3.79. The summed E-state index contributed by atoms with van der Waals surface area (Å²) in [5.74, 6) is 1.24. The monoisotopic (exact) mass is 593 g/mol. The summed E-state index contributed by atoms with van der Waals surface area (Å²) in [7, 11) is 1.97. The van der Waals surface area contributed by atoms with Crippen LogP contribution < -0.4 is 11.1 Å². The van der Waals surface area contributed by atoms with Gasteiger partial charge >= 0.3 is 0 Å². The minimum atomic E-state index is 0.0598. The van der Waals surface area contributed by atoms with E-state index in [2.05, 4.69) is 49.8 Å². The van der Waals surface area contributed by atoms with Crippen LogP contribution in [0.1, 0.15) is 35.4 Å². The van der Waals surface area contributed by atoms with Crippen LogP contribution in [0.15, 0.2) is 61.3 Å². The summed E-state index contributed by atoms with van der Waals surface area (Å²) in [6, 6.07) is 14.9. The number of carbonyl (C=O) groups is 1. The molecule has 220 valence electrons. The van der Waals surface area contributed by atoms with E-state index in [1.165, 1.54) is 35.0 Å². The molecular formula is C32H35N9OS. The zero-order valence-corrected chi connectivity index (χ0v) is 25.3. The first kappa shape index (κ1) is 28.6. The van der Waals surface area contributed by atoms with E-state index < -0.39 is 0 Å². The fourth-order valence-electron chi connectivity index (χ4n) is 5.72. The molecule has 0 saturated carbocycles. The number of nitrogens with zero attached hydrogens (tertiary/aromatic N) is 7. The molecule has 1 fully saturated rings. The molecule has 0 spiro atoms. The molecule has 43 heavy (non-hydrogen) atoms. The molecule has 3 N–H and O–H groups in total. The van der Waals surface area contributed by atoms with Crippen molar-refractivity contribution in [2.24, 2.45) is 0 Å². The Morgan fingerprint density at radius 1 is 1.09 bits per heavy atom. The molecule has 1 aliphatic heterocycles. The summed E-state index contributed by atoms with van der Waals surface area (Å²) in [6.45, 7) is 7.13. The molecule has 1 aliphatic carbocycles. The molecule has 5 heterocycles. The highest BCUT2D eigenvalue weighted by atomic mass is 32.1. The first-order valence-electron chi connectivity index (χ1n) is 14.6. The van der Waals surface area contributed by atoms with Crippen molar-refractivity contribution in [1.82, 2.24) is 39.9 Å². The number of amides is 1. The number of nitrogens with one attached hydrogen (secondary N) is 1. The highest BCUT2D eigenvalue weighted by molar-refractivity contribution is 7.14. The lowest BCUT2D eigenvalue weighted by Crippen LogP contribution is -2.43. The lowest BCUT2D eigenvalue weighted by atomic mass is 10.1. The number of nitrogens with two attached hydrogens (primary N) is 1. The minimum Gasteiger partial charge on any atom is -0.383 e. The Bertz CT molecular complexity index is 1790. The summed E-state index contributed by atoms with van der Waals surface area (Å²) >= 11 is 1.53. The fourth-order valence-corrected chi connectivity index (χ4v) is 6.38. The van der Waals surface area contributed by atoms with E-state index in [0.29, 0.717) is 11.9 Å². The number of anilines is 1. The van der Waals surface area contributed by atoms with Gasteiger partial charge in [0.25, 0.3) is 0 Å². The molecule has 7 rings (SSSR count). The number of piperidine rings is 1. The number of carbonyl (C=O) groups excluding carboxylic acids is 1. The van der Waals surface area contributed by atoms with E-state index in [9.17, 15) is 4.79 Å². The number of aromatic nitrogens is 6. The zero-order valence-electron chi connectivity index (χ0n) is 24.5. The Balaban J connectivity index is 0.000000232. The number of nitrogen functional groups attached to an aromatic ring is 1. The van der Waals surface area contributed by atoms with E-state index in [-0.39, 0.29) is 5.91 Å². The molecule has 1 aromatic carbocycles. The molecule has 2 aliphatic rings. The molecule has 0 bridgehead atoms. The van der Waals surface area contributed by atoms with Crippen molar-refractivity contribution in [2.45, 2.75) is 45.1 Å². The van der Waals surface area contributed by atoms with Gasteiger partial charge < -0.3 is 16.0 Å². The van der Waals surface area contributed by atoms with Gasteiger partial charge in [-0.2, -0.15) is 0 Å². The fraction of sp³-hybridized carbons (Fsp3) is 0.312. The van der Waals surface area contributed by atoms with E-state index in [1.807, 2.05) is 43.1 Å². The van der Waals surface area contributed by atoms with Gasteiger partial charge in [0.1, 0.15) is 22.0 Å². The topological polar surface area (TPSA) is 128 Å². The maximum atomic E-state index is 11.1. The smallest absolute Gasteiger partial charge is 0.245 e. The summed E-state index contributed by atoms with van der Waals surface area (Å²) in [5.41, 5.74) is 13.2. The minimum absolute atomic E-state index is 0.0598. The van der Waals surface area contributed by atoms with Crippen LogP contribution in [0.25, 0.3) is 38.9 Å². The predicted molar refractivity (Wildman–Crippen MR) is 171 cm³/mol. The lowest BCUT2D eigenvalue weighted by molar-refractivity contribution is -0.127. The van der Waals surface area contributed by atoms with Gasteiger partial charge in [-0.3, -0.25) is 9.36 Å². The van der Waals surface area contributed by atoms with E-state index in [4.69, 9.17) is 15.7 Å². The number of hydrogen-bond acceptors (Lipinski definition) is 9. The van der Waals surface area contributed by atoms with Crippen molar-refractivity contribution in [3.8, 4) is 27.8 Å². The number of fused-ring (bicyclic) bond motifs is 2. The molecule has 0 unspecified atom stereocenters. The number of likely N-dealkylation sites (tertiary alicyclic amines) is 1. The third kappa shape index (κ3) is 5.91. The molecule has 5 aromatic rings. The number of hydrogen-bond donors (Lipinski definition) is 2. The molecule has 11 heteroatoms. The first-order chi connectivity index (χ1) is 20.9. The Labute approximate surface area is 254 Å². The van der Waals surface area contributed by atoms with Crippen LogP contribution in [0, 0.1) is 6.92 Å². The van der Waals surface area contributed by atoms with Crippen molar-refractivity contribution >= 4 is 34.2 Å². The van der Waals surface area contributed by atoms with Gasteiger partial charge in [0.05, 0.1) is 5.56 Å². The second-order valence-electron chi connectivity index (χ2n) is 10.8. The quantitative estimate of drug-likeness (QED) is 0.279. The summed E-state index contributed by atoms with van der Waals surface area (Å²) < 4.78 is 2.08. The Kier molecular flexibility index (Phi) is 8.26. The average molecular weight is 594 g/mol. The predicted octanol–water partition coefficient (Wildman–Crippen LogP) is 4.76. The van der Waals surface area contributed by atoms with Crippen LogP contribution in [-0.4, -0.2) is 66.7 Å². The second kappa shape index (κ2) is 12.4. The normalized spacial score (nSPS) is 14.8. The van der Waals surface area contributed by atoms with Gasteiger partial charge in [-0.15, -0.1) is 10.2 Å². The molecular weight excluding hydrogens is 558 g/mol. The van der Waals surface area contributed by atoms with Crippen molar-refractivity contribution in [3.63, 3.8) is 0 Å². The van der Waals surface area contributed by atoms with Crippen molar-refractivity contribution in [3.05, 3.63) is 77.5 Å². The van der Waals surface area contributed by atoms with Crippen LogP contribution in [0.2, 0.25) is 0 Å². The van der Waals surface area contributed by atoms with Crippen molar-refractivity contribution in [2.75, 3.05) is 25.9 Å². The standard InChI is InChI=1S/C23H19N7S.C9H16N2O/c1-13-28-29-23(31-13)19-10-9-18-22(27-19)30(16-8-7-14-4-2-5-15(14)12-16)21(26-18)17-6-3-11-25-20(17)24;1-3-9(12)11-6-4-8(10-2)5-7-11/h3,6-12H,2,4-5H2,1H3,(H2,24,25);3,8,10H,1,4-7H2,2H3. The van der Waals surface area contributed by atoms with Crippen molar-refractivity contribution < 1.29 is 4.79 Å². The van der Waals surface area contributed by atoms with Gasteiger partial charge in [-0.25, -0.2) is 15.0 Å². The molecule has 1 saturated heterocycles. The zero-order chi connectivity index (χ0) is 29.9. The molecule has 4 aromatic heterocycles. The highest BCUT2D eigenvalue weighted by Crippen LogP contribution is 2.33. The van der Waals surface area contributed by atoms with Crippen LogP contribution in [0.5, 0.6) is 0 Å². The van der Waals surface area contributed by atoms with Gasteiger partial charge in [0.15, 0.2) is 16.5 Å². The Morgan fingerprint density at radius 3 is 2.63 bits per heavy atom. The number of rotatable bonds is 5. The third-order valence-corrected chi connectivity index (χ3v) is 8.92. The second-order valence-corrected chi connectivity index (χ2v) is 12.0. The van der Waals surface area contributed by atoms with E-state index >= 15 is 0 Å². The Hall–Kier alpha value is -4.48. The maximum Gasteiger partial charge on any atom is 0.245 e. The Morgan fingerprint density at radius 2 is 1.91 bits per heavy atom. The molecule has 0 atom stereocenters. The largest absolute Gasteiger partial charge is 0.383 e. The van der Waals surface area contributed by atoms with Gasteiger partial charge in [0, 0.05) is 31.0 Å². The lowest BCUT2D eigenvalue weighted by Gasteiger charge is -2.30. The maximum absolute atomic E-state index is 11.1. The van der Waals surface area contributed by atoms with E-state index in [1.54, 1.807) is 6.20 Å². The highest BCUT2D eigenvalue weighted by Gasteiger charge is 2.21. The number of imidazole rings is 1. The summed E-state index contributed by atoms with van der Waals surface area (Å²) in [5, 5.41) is 13.3. The SMILES string of the molecule is C=CC(=O)N1CCC(NC)CC1.Cc1nnc(-c2ccc3nc(-c4cccnc4N)n(-c4ccc5c(c4)CCC5)c3n2)s1. The number of aryl methyl sites for hydroxylation is 3. The van der Waals surface area contributed by atoms with E-state index in [0.717, 1.165) is 82.7 Å². The van der Waals surface area contributed by atoms with Gasteiger partial charge in [-0.1, -0.05) is 24.0 Å². The van der Waals surface area contributed by atoms with Crippen molar-refractivity contribution in [1.29, 1.82) is 0 Å². The first-order valence-corrected chi connectivity index (χ1v) is 15.4. The molecule has 1 amide bonds. The summed E-state index contributed by atoms with van der Waals surface area (Å²) in [4.78, 5) is 27.1. The van der Waals surface area contributed by atoms with Gasteiger partial charge in [-0.05, 0) is 99.7 Å².